The van der Waals surface area contributed by atoms with E-state index in [1.165, 1.54) is 5.56 Å². The van der Waals surface area contributed by atoms with Gasteiger partial charge in [-0.3, -0.25) is 14.5 Å². The van der Waals surface area contributed by atoms with E-state index >= 15 is 0 Å². The Morgan fingerprint density at radius 3 is 2.60 bits per heavy atom. The van der Waals surface area contributed by atoms with Crippen molar-refractivity contribution in [1.29, 1.82) is 0 Å². The molecule has 0 spiro atoms. The number of ether oxygens (including phenoxy) is 1. The predicted molar refractivity (Wildman–Crippen MR) is 117 cm³/mol. The molecule has 0 unspecified atom stereocenters. The zero-order valence-corrected chi connectivity index (χ0v) is 18.6. The zero-order valence-electron chi connectivity index (χ0n) is 18.6. The maximum absolute atomic E-state index is 13.2. The van der Waals surface area contributed by atoms with Crippen molar-refractivity contribution in [2.24, 2.45) is 17.1 Å². The van der Waals surface area contributed by atoms with Crippen LogP contribution in [0, 0.1) is 11.3 Å². The normalized spacial score (nSPS) is 20.7. The minimum absolute atomic E-state index is 0.0706. The summed E-state index contributed by atoms with van der Waals surface area (Å²) in [7, 11) is 5.71. The molecule has 0 bridgehead atoms. The van der Waals surface area contributed by atoms with Gasteiger partial charge in [0.25, 0.3) is 0 Å². The molecule has 1 aliphatic carbocycles. The Balaban J connectivity index is 1.65. The van der Waals surface area contributed by atoms with Gasteiger partial charge in [0.05, 0.1) is 7.11 Å². The summed E-state index contributed by atoms with van der Waals surface area (Å²) in [5.41, 5.74) is 5.82. The third-order valence-electron chi connectivity index (χ3n) is 6.40. The van der Waals surface area contributed by atoms with Crippen LogP contribution in [0.25, 0.3) is 0 Å². The zero-order chi connectivity index (χ0) is 21.7. The van der Waals surface area contributed by atoms with E-state index < -0.39 is 11.3 Å². The highest BCUT2D eigenvalue weighted by atomic mass is 16.5. The van der Waals surface area contributed by atoms with Crippen LogP contribution in [0.2, 0.25) is 0 Å². The second-order valence-electron chi connectivity index (χ2n) is 9.06. The molecule has 1 aromatic rings. The lowest BCUT2D eigenvalue weighted by Crippen LogP contribution is -2.49. The topological polar surface area (TPSA) is 79.1 Å². The van der Waals surface area contributed by atoms with Crippen LogP contribution < -0.4 is 10.5 Å². The predicted octanol–water partition coefficient (Wildman–Crippen LogP) is 1.56. The highest BCUT2D eigenvalue weighted by molar-refractivity contribution is 6.07. The first-order chi connectivity index (χ1) is 14.4. The number of primary amides is 1. The van der Waals surface area contributed by atoms with Crippen molar-refractivity contribution in [1.82, 2.24) is 14.7 Å². The van der Waals surface area contributed by atoms with Gasteiger partial charge < -0.3 is 20.3 Å². The van der Waals surface area contributed by atoms with E-state index in [2.05, 4.69) is 15.9 Å². The number of carbonyl (C=O) groups is 2. The van der Waals surface area contributed by atoms with E-state index in [4.69, 9.17) is 10.5 Å². The molecule has 1 heterocycles. The fourth-order valence-electron chi connectivity index (χ4n) is 4.42. The number of rotatable bonds is 10. The quantitative estimate of drug-likeness (QED) is 0.586. The van der Waals surface area contributed by atoms with E-state index in [9.17, 15) is 9.59 Å². The van der Waals surface area contributed by atoms with Crippen LogP contribution in [0.5, 0.6) is 5.75 Å². The highest BCUT2D eigenvalue weighted by Gasteiger charge is 2.57. The van der Waals surface area contributed by atoms with Gasteiger partial charge in [0, 0.05) is 38.3 Å². The summed E-state index contributed by atoms with van der Waals surface area (Å²) in [6, 6.07) is 8.14. The molecule has 166 valence electrons. The van der Waals surface area contributed by atoms with Crippen molar-refractivity contribution in [3.8, 4) is 5.75 Å². The molecule has 0 aromatic heterocycles. The lowest BCUT2D eigenvalue weighted by molar-refractivity contribution is -0.143. The van der Waals surface area contributed by atoms with E-state index in [1.807, 2.05) is 37.2 Å². The smallest absolute Gasteiger partial charge is 0.238 e. The standard InChI is InChI=1S/C23H36N4O3/c1-25(2)13-14-27(22(29)23(10-11-23)21(24)28)16-18-7-6-12-26(15-18)17-19-8-4-5-9-20(19)30-3/h4-5,8-9,18H,6-7,10-17H2,1-3H3,(H2,24,28)/t18-/m0/s1. The number of hydrogen-bond acceptors (Lipinski definition) is 5. The molecule has 0 radical (unpaired) electrons. The van der Waals surface area contributed by atoms with Gasteiger partial charge in [-0.1, -0.05) is 18.2 Å². The van der Waals surface area contributed by atoms with Crippen LogP contribution in [0.1, 0.15) is 31.2 Å². The van der Waals surface area contributed by atoms with Crippen molar-refractivity contribution in [3.63, 3.8) is 0 Å². The summed E-state index contributed by atoms with van der Waals surface area (Å²) in [4.78, 5) is 31.5. The van der Waals surface area contributed by atoms with Crippen LogP contribution in [0.3, 0.4) is 0 Å². The summed E-state index contributed by atoms with van der Waals surface area (Å²) < 4.78 is 5.50. The monoisotopic (exact) mass is 416 g/mol. The first kappa shape index (κ1) is 22.6. The van der Waals surface area contributed by atoms with Crippen LogP contribution in [-0.2, 0) is 16.1 Å². The number of methoxy groups -OCH3 is 1. The van der Waals surface area contributed by atoms with Gasteiger partial charge in [-0.25, -0.2) is 0 Å². The molecule has 2 aliphatic rings. The molecule has 3 rings (SSSR count). The number of likely N-dealkylation sites (N-methyl/N-ethyl adjacent to an activating group) is 1. The number of piperidine rings is 1. The average molecular weight is 417 g/mol. The molecular weight excluding hydrogens is 380 g/mol. The molecule has 1 saturated heterocycles. The maximum Gasteiger partial charge on any atom is 0.238 e. The molecule has 7 heteroatoms. The fraction of sp³-hybridized carbons (Fsp3) is 0.652. The van der Waals surface area contributed by atoms with Crippen LogP contribution in [0.15, 0.2) is 24.3 Å². The van der Waals surface area contributed by atoms with E-state index in [-0.39, 0.29) is 5.91 Å². The van der Waals surface area contributed by atoms with Crippen LogP contribution >= 0.6 is 0 Å². The number of nitrogens with zero attached hydrogens (tertiary/aromatic N) is 3. The van der Waals surface area contributed by atoms with Crippen molar-refractivity contribution >= 4 is 11.8 Å². The van der Waals surface area contributed by atoms with E-state index in [0.717, 1.165) is 44.8 Å². The van der Waals surface area contributed by atoms with E-state index in [0.29, 0.717) is 31.8 Å². The van der Waals surface area contributed by atoms with E-state index in [1.54, 1.807) is 7.11 Å². The second-order valence-corrected chi connectivity index (χ2v) is 9.06. The van der Waals surface area contributed by atoms with Gasteiger partial charge in [-0.15, -0.1) is 0 Å². The number of carbonyl (C=O) groups excluding carboxylic acids is 2. The lowest BCUT2D eigenvalue weighted by Gasteiger charge is -2.37. The van der Waals surface area contributed by atoms with Gasteiger partial charge in [-0.05, 0) is 58.3 Å². The van der Waals surface area contributed by atoms with Gasteiger partial charge in [0.15, 0.2) is 0 Å². The SMILES string of the molecule is COc1ccccc1CN1CCC[C@H](CN(CCN(C)C)C(=O)C2(C(N)=O)CC2)C1. The Hall–Kier alpha value is -2.12. The molecule has 7 nitrogen and oxygen atoms in total. The third-order valence-corrected chi connectivity index (χ3v) is 6.40. The Kier molecular flexibility index (Phi) is 7.36. The van der Waals surface area contributed by atoms with Gasteiger partial charge in [-0.2, -0.15) is 0 Å². The molecule has 2 amide bonds. The average Bonchev–Trinajstić information content (AvgIpc) is 3.53. The summed E-state index contributed by atoms with van der Waals surface area (Å²) >= 11 is 0. The van der Waals surface area contributed by atoms with Gasteiger partial charge in [0.2, 0.25) is 11.8 Å². The highest BCUT2D eigenvalue weighted by Crippen LogP contribution is 2.47. The maximum atomic E-state index is 13.2. The van der Waals surface area contributed by atoms with Crippen molar-refractivity contribution in [2.75, 3.05) is 53.9 Å². The molecule has 2 fully saturated rings. The molecule has 1 aromatic carbocycles. The first-order valence-electron chi connectivity index (χ1n) is 10.9. The van der Waals surface area contributed by atoms with Gasteiger partial charge in [0.1, 0.15) is 11.2 Å². The molecule has 1 saturated carbocycles. The number of nitrogens with two attached hydrogens (primary N) is 1. The summed E-state index contributed by atoms with van der Waals surface area (Å²) in [6.07, 6.45) is 3.38. The molecule has 1 atom stereocenters. The number of hydrogen-bond donors (Lipinski definition) is 1. The molecule has 2 N–H and O–H groups in total. The Morgan fingerprint density at radius 1 is 1.23 bits per heavy atom. The summed E-state index contributed by atoms with van der Waals surface area (Å²) in [6.45, 7) is 4.92. The largest absolute Gasteiger partial charge is 0.496 e. The summed E-state index contributed by atoms with van der Waals surface area (Å²) in [5, 5.41) is 0. The Bertz CT molecular complexity index is 748. The third kappa shape index (κ3) is 5.32. The Morgan fingerprint density at radius 2 is 1.97 bits per heavy atom. The summed E-state index contributed by atoms with van der Waals surface area (Å²) in [5.74, 6) is 0.769. The number of amides is 2. The fourth-order valence-corrected chi connectivity index (χ4v) is 4.42. The number of para-hydroxylation sites is 1. The lowest BCUT2D eigenvalue weighted by atomic mass is 9.95. The molecule has 1 aliphatic heterocycles. The van der Waals surface area contributed by atoms with Crippen LogP contribution in [0.4, 0.5) is 0 Å². The number of benzene rings is 1. The Labute approximate surface area is 180 Å². The minimum Gasteiger partial charge on any atom is -0.496 e. The minimum atomic E-state index is -0.946. The van der Waals surface area contributed by atoms with Crippen molar-refractivity contribution < 1.29 is 14.3 Å². The number of likely N-dealkylation sites (tertiary alicyclic amines) is 1. The van der Waals surface area contributed by atoms with Crippen molar-refractivity contribution in [2.45, 2.75) is 32.2 Å². The molecule has 30 heavy (non-hydrogen) atoms. The van der Waals surface area contributed by atoms with Gasteiger partial charge >= 0.3 is 0 Å². The van der Waals surface area contributed by atoms with Crippen LogP contribution in [-0.4, -0.2) is 80.4 Å². The first-order valence-corrected chi connectivity index (χ1v) is 10.9. The van der Waals surface area contributed by atoms with Crippen molar-refractivity contribution in [3.05, 3.63) is 29.8 Å². The molecular formula is C23H36N4O3. The second kappa shape index (κ2) is 9.79.